The number of carbonyl (C=O) groups is 3. The van der Waals surface area contributed by atoms with Gasteiger partial charge in [0.25, 0.3) is 0 Å². The first-order valence-electron chi connectivity index (χ1n) is 12.4. The average molecular weight is 474 g/mol. The van der Waals surface area contributed by atoms with Gasteiger partial charge in [-0.05, 0) is 71.2 Å². The van der Waals surface area contributed by atoms with Crippen molar-refractivity contribution in [2.75, 3.05) is 39.3 Å². The summed E-state index contributed by atoms with van der Waals surface area (Å²) < 4.78 is 11.1. The van der Waals surface area contributed by atoms with E-state index in [1.165, 1.54) is 0 Å². The molecule has 0 unspecified atom stereocenters. The molecule has 1 saturated carbocycles. The molecule has 1 aliphatic carbocycles. The summed E-state index contributed by atoms with van der Waals surface area (Å²) in [5.74, 6) is 1.32. The van der Waals surface area contributed by atoms with E-state index >= 15 is 0 Å². The molecule has 2 fully saturated rings. The van der Waals surface area contributed by atoms with Gasteiger partial charge in [0.05, 0.1) is 6.61 Å². The number of carbonyl (C=O) groups excluding carboxylic acids is 3. The lowest BCUT2D eigenvalue weighted by molar-refractivity contribution is -0.133. The standard InChI is InChI=1S/C26H39N3O5/c1-19(12-18-33-22-9-7-21(8-10-22)24(31)20-5-6-20)28-14-16-29(17-15-28)23(30)11-13-27-25(32)34-26(2,3)4/h7-10,19-20H,5-6,11-18H2,1-4H3,(H,27,32)/t19-/m1/s1. The highest BCUT2D eigenvalue weighted by molar-refractivity contribution is 5.99. The van der Waals surface area contributed by atoms with Crippen LogP contribution in [0.15, 0.2) is 24.3 Å². The summed E-state index contributed by atoms with van der Waals surface area (Å²) in [6, 6.07) is 7.82. The Morgan fingerprint density at radius 3 is 2.29 bits per heavy atom. The van der Waals surface area contributed by atoms with Gasteiger partial charge in [-0.15, -0.1) is 0 Å². The second-order valence-corrected chi connectivity index (χ2v) is 10.2. The third-order valence-electron chi connectivity index (χ3n) is 6.19. The molecule has 1 aliphatic heterocycles. The molecule has 34 heavy (non-hydrogen) atoms. The molecule has 2 amide bonds. The van der Waals surface area contributed by atoms with Crippen molar-refractivity contribution in [3.05, 3.63) is 29.8 Å². The average Bonchev–Trinajstić information content (AvgIpc) is 3.63. The number of hydrogen-bond donors (Lipinski definition) is 1. The second kappa shape index (κ2) is 11.7. The number of benzene rings is 1. The van der Waals surface area contributed by atoms with E-state index in [9.17, 15) is 14.4 Å². The molecule has 1 aromatic carbocycles. The molecule has 1 atom stereocenters. The third kappa shape index (κ3) is 8.31. The maximum atomic E-state index is 12.5. The zero-order chi connectivity index (χ0) is 24.7. The fourth-order valence-corrected chi connectivity index (χ4v) is 3.98. The van der Waals surface area contributed by atoms with Gasteiger partial charge in [0.15, 0.2) is 5.78 Å². The first kappa shape index (κ1) is 26.0. The van der Waals surface area contributed by atoms with Crippen LogP contribution >= 0.6 is 0 Å². The predicted octanol–water partition coefficient (Wildman–Crippen LogP) is 3.50. The molecule has 3 rings (SSSR count). The number of rotatable bonds is 10. The molecule has 0 aromatic heterocycles. The predicted molar refractivity (Wildman–Crippen MR) is 130 cm³/mol. The van der Waals surface area contributed by atoms with Gasteiger partial charge >= 0.3 is 6.09 Å². The highest BCUT2D eigenvalue weighted by Crippen LogP contribution is 2.32. The minimum Gasteiger partial charge on any atom is -0.494 e. The van der Waals surface area contributed by atoms with Crippen LogP contribution in [-0.4, -0.2) is 78.6 Å². The van der Waals surface area contributed by atoms with Crippen molar-refractivity contribution < 1.29 is 23.9 Å². The summed E-state index contributed by atoms with van der Waals surface area (Å²) in [6.07, 6.45) is 2.69. The Kier molecular flexibility index (Phi) is 8.94. The van der Waals surface area contributed by atoms with Gasteiger partial charge in [-0.25, -0.2) is 4.79 Å². The molecule has 1 saturated heterocycles. The molecule has 0 spiro atoms. The number of ether oxygens (including phenoxy) is 2. The van der Waals surface area contributed by atoms with Crippen LogP contribution in [0.25, 0.3) is 0 Å². The fourth-order valence-electron chi connectivity index (χ4n) is 3.98. The number of hydrogen-bond acceptors (Lipinski definition) is 6. The highest BCUT2D eigenvalue weighted by atomic mass is 16.6. The van der Waals surface area contributed by atoms with E-state index in [1.54, 1.807) is 20.8 Å². The van der Waals surface area contributed by atoms with Crippen LogP contribution in [0.4, 0.5) is 4.79 Å². The molecular weight excluding hydrogens is 434 g/mol. The van der Waals surface area contributed by atoms with Crippen molar-refractivity contribution in [1.82, 2.24) is 15.1 Å². The third-order valence-corrected chi connectivity index (χ3v) is 6.19. The van der Waals surface area contributed by atoms with Crippen LogP contribution in [0.1, 0.15) is 63.7 Å². The van der Waals surface area contributed by atoms with Gasteiger partial charge in [0.2, 0.25) is 5.91 Å². The van der Waals surface area contributed by atoms with Crippen molar-refractivity contribution in [3.63, 3.8) is 0 Å². The molecular formula is C26H39N3O5. The van der Waals surface area contributed by atoms with Crippen LogP contribution in [0.5, 0.6) is 5.75 Å². The zero-order valence-electron chi connectivity index (χ0n) is 21.0. The highest BCUT2D eigenvalue weighted by Gasteiger charge is 2.30. The lowest BCUT2D eigenvalue weighted by atomic mass is 10.1. The van der Waals surface area contributed by atoms with Gasteiger partial charge in [0.1, 0.15) is 11.4 Å². The van der Waals surface area contributed by atoms with Crippen LogP contribution in [-0.2, 0) is 9.53 Å². The number of piperazine rings is 1. The van der Waals surface area contributed by atoms with Crippen LogP contribution < -0.4 is 10.1 Å². The van der Waals surface area contributed by atoms with Crippen molar-refractivity contribution in [2.24, 2.45) is 5.92 Å². The Morgan fingerprint density at radius 1 is 1.06 bits per heavy atom. The van der Waals surface area contributed by atoms with E-state index < -0.39 is 11.7 Å². The summed E-state index contributed by atoms with van der Waals surface area (Å²) in [5, 5.41) is 2.64. The van der Waals surface area contributed by atoms with Crippen molar-refractivity contribution in [3.8, 4) is 5.75 Å². The summed E-state index contributed by atoms with van der Waals surface area (Å²) >= 11 is 0. The first-order chi connectivity index (χ1) is 16.1. The molecule has 0 radical (unpaired) electrons. The summed E-state index contributed by atoms with van der Waals surface area (Å²) in [4.78, 5) is 40.5. The van der Waals surface area contributed by atoms with Crippen molar-refractivity contribution in [2.45, 2.75) is 65.0 Å². The van der Waals surface area contributed by atoms with E-state index in [2.05, 4.69) is 17.1 Å². The maximum absolute atomic E-state index is 12.5. The smallest absolute Gasteiger partial charge is 0.407 e. The minimum absolute atomic E-state index is 0.0512. The van der Waals surface area contributed by atoms with Gasteiger partial charge in [-0.2, -0.15) is 0 Å². The fraction of sp³-hybridized carbons (Fsp3) is 0.654. The molecule has 8 nitrogen and oxygen atoms in total. The topological polar surface area (TPSA) is 88.2 Å². The van der Waals surface area contributed by atoms with Crippen LogP contribution in [0.3, 0.4) is 0 Å². The van der Waals surface area contributed by atoms with E-state index in [0.717, 1.165) is 43.7 Å². The van der Waals surface area contributed by atoms with E-state index in [1.807, 2.05) is 29.2 Å². The summed E-state index contributed by atoms with van der Waals surface area (Å²) in [5.41, 5.74) is 0.225. The number of Topliss-reactive ketones (excluding diaryl/α,β-unsaturated/α-hetero) is 1. The number of nitrogens with one attached hydrogen (secondary N) is 1. The van der Waals surface area contributed by atoms with Gasteiger partial charge < -0.3 is 19.7 Å². The number of nitrogens with zero attached hydrogens (tertiary/aromatic N) is 2. The molecule has 1 N–H and O–H groups in total. The van der Waals surface area contributed by atoms with E-state index in [4.69, 9.17) is 9.47 Å². The minimum atomic E-state index is -0.549. The molecule has 0 bridgehead atoms. The van der Waals surface area contributed by atoms with Gasteiger partial charge in [-0.3, -0.25) is 14.5 Å². The Morgan fingerprint density at radius 2 is 1.71 bits per heavy atom. The monoisotopic (exact) mass is 473 g/mol. The Labute approximate surface area is 202 Å². The van der Waals surface area contributed by atoms with Crippen molar-refractivity contribution in [1.29, 1.82) is 0 Å². The second-order valence-electron chi connectivity index (χ2n) is 10.2. The van der Waals surface area contributed by atoms with Gasteiger partial charge in [-0.1, -0.05) is 0 Å². The lowest BCUT2D eigenvalue weighted by Crippen LogP contribution is -2.51. The Balaban J connectivity index is 1.29. The molecule has 2 aliphatic rings. The largest absolute Gasteiger partial charge is 0.494 e. The summed E-state index contributed by atoms with van der Waals surface area (Å²) in [6.45, 7) is 11.5. The maximum Gasteiger partial charge on any atom is 0.407 e. The number of ketones is 1. The summed E-state index contributed by atoms with van der Waals surface area (Å²) in [7, 11) is 0. The molecule has 188 valence electrons. The van der Waals surface area contributed by atoms with Crippen molar-refractivity contribution >= 4 is 17.8 Å². The first-order valence-corrected chi connectivity index (χ1v) is 12.4. The van der Waals surface area contributed by atoms with E-state index in [-0.39, 0.29) is 30.6 Å². The zero-order valence-corrected chi connectivity index (χ0v) is 21.0. The lowest BCUT2D eigenvalue weighted by Gasteiger charge is -2.38. The van der Waals surface area contributed by atoms with Gasteiger partial charge in [0, 0.05) is 56.7 Å². The quantitative estimate of drug-likeness (QED) is 0.524. The van der Waals surface area contributed by atoms with E-state index in [0.29, 0.717) is 25.7 Å². The number of amides is 2. The molecule has 1 aromatic rings. The SMILES string of the molecule is C[C@H](CCOc1ccc(C(=O)C2CC2)cc1)N1CCN(C(=O)CCNC(=O)OC(C)(C)C)CC1. The molecule has 1 heterocycles. The van der Waals surface area contributed by atoms with Crippen LogP contribution in [0.2, 0.25) is 0 Å². The number of alkyl carbamates (subject to hydrolysis) is 1. The molecule has 8 heteroatoms. The van der Waals surface area contributed by atoms with Crippen LogP contribution in [0, 0.1) is 5.92 Å². The Hall–Kier alpha value is -2.61. The normalized spacial score (nSPS) is 17.7. The Bertz CT molecular complexity index is 837.